The molecular weight excluding hydrogens is 266 g/mol. The van der Waals surface area contributed by atoms with Gasteiger partial charge in [0.15, 0.2) is 11.5 Å². The first kappa shape index (κ1) is 13.2. The molecule has 0 unspecified atom stereocenters. The zero-order valence-electron chi connectivity index (χ0n) is 11.8. The van der Waals surface area contributed by atoms with E-state index in [2.05, 4.69) is 5.32 Å². The lowest BCUT2D eigenvalue weighted by Crippen LogP contribution is -2.00. The monoisotopic (exact) mass is 281 g/mol. The van der Waals surface area contributed by atoms with E-state index in [1.165, 1.54) is 0 Å². The maximum absolute atomic E-state index is 12.3. The molecule has 0 aromatic heterocycles. The van der Waals surface area contributed by atoms with Gasteiger partial charge in [-0.05, 0) is 35.9 Å². The van der Waals surface area contributed by atoms with Crippen LogP contribution >= 0.6 is 0 Å². The smallest absolute Gasteiger partial charge is 0.211 e. The quantitative estimate of drug-likeness (QED) is 0.876. The zero-order valence-corrected chi connectivity index (χ0v) is 11.8. The average molecular weight is 281 g/mol. The van der Waals surface area contributed by atoms with Crippen LogP contribution in [0.25, 0.3) is 6.08 Å². The highest BCUT2D eigenvalue weighted by Gasteiger charge is 2.23. The van der Waals surface area contributed by atoms with E-state index in [1.54, 1.807) is 14.2 Å². The van der Waals surface area contributed by atoms with E-state index in [-0.39, 0.29) is 5.78 Å². The zero-order chi connectivity index (χ0) is 14.8. The third-order valence-corrected chi connectivity index (χ3v) is 3.40. The molecule has 0 spiro atoms. The molecule has 2 aromatic rings. The van der Waals surface area contributed by atoms with E-state index in [0.717, 1.165) is 11.3 Å². The van der Waals surface area contributed by atoms with Gasteiger partial charge in [0, 0.05) is 11.3 Å². The third-order valence-electron chi connectivity index (χ3n) is 3.40. The van der Waals surface area contributed by atoms with Crippen molar-refractivity contribution in [2.75, 3.05) is 19.5 Å². The van der Waals surface area contributed by atoms with Crippen LogP contribution in [-0.2, 0) is 0 Å². The largest absolute Gasteiger partial charge is 0.493 e. The van der Waals surface area contributed by atoms with E-state index in [1.807, 2.05) is 48.5 Å². The molecule has 2 aromatic carbocycles. The molecule has 1 aliphatic rings. The molecule has 0 aliphatic carbocycles. The van der Waals surface area contributed by atoms with Crippen molar-refractivity contribution in [2.45, 2.75) is 0 Å². The predicted molar refractivity (Wildman–Crippen MR) is 81.9 cm³/mol. The molecule has 21 heavy (non-hydrogen) atoms. The number of nitrogens with one attached hydrogen (secondary N) is 1. The summed E-state index contributed by atoms with van der Waals surface area (Å²) in [6.45, 7) is 0. The summed E-state index contributed by atoms with van der Waals surface area (Å²) in [6, 6.07) is 13.0. The van der Waals surface area contributed by atoms with Crippen molar-refractivity contribution < 1.29 is 14.3 Å². The van der Waals surface area contributed by atoms with Gasteiger partial charge < -0.3 is 14.8 Å². The molecule has 3 rings (SSSR count). The van der Waals surface area contributed by atoms with Crippen molar-refractivity contribution in [3.63, 3.8) is 0 Å². The van der Waals surface area contributed by atoms with Crippen molar-refractivity contribution in [1.82, 2.24) is 0 Å². The maximum atomic E-state index is 12.3. The standard InChI is InChI=1S/C17H15NO3/c1-20-15-8-7-11(10-16(15)21-2)9-14-17(19)12-5-3-4-6-13(12)18-14/h3-10,18H,1-2H3. The molecule has 1 N–H and O–H groups in total. The fraction of sp³-hybridized carbons (Fsp3) is 0.118. The number of ether oxygens (including phenoxy) is 2. The summed E-state index contributed by atoms with van der Waals surface area (Å²) >= 11 is 0. The maximum Gasteiger partial charge on any atom is 0.211 e. The van der Waals surface area contributed by atoms with Crippen LogP contribution in [0, 0.1) is 0 Å². The van der Waals surface area contributed by atoms with Gasteiger partial charge >= 0.3 is 0 Å². The van der Waals surface area contributed by atoms with Gasteiger partial charge in [0.25, 0.3) is 0 Å². The molecule has 4 heteroatoms. The van der Waals surface area contributed by atoms with Gasteiger partial charge in [-0.2, -0.15) is 0 Å². The van der Waals surface area contributed by atoms with Crippen molar-refractivity contribution in [2.24, 2.45) is 0 Å². The van der Waals surface area contributed by atoms with Crippen molar-refractivity contribution in [3.05, 3.63) is 59.3 Å². The van der Waals surface area contributed by atoms with Crippen LogP contribution in [0.5, 0.6) is 11.5 Å². The van der Waals surface area contributed by atoms with Crippen molar-refractivity contribution >= 4 is 17.5 Å². The molecule has 4 nitrogen and oxygen atoms in total. The molecule has 1 aliphatic heterocycles. The van der Waals surface area contributed by atoms with Gasteiger partial charge in [0.2, 0.25) is 5.78 Å². The first-order valence-corrected chi connectivity index (χ1v) is 6.57. The highest BCUT2D eigenvalue weighted by atomic mass is 16.5. The Morgan fingerprint density at radius 3 is 2.48 bits per heavy atom. The van der Waals surface area contributed by atoms with Gasteiger partial charge in [-0.25, -0.2) is 0 Å². The summed E-state index contributed by atoms with van der Waals surface area (Å²) < 4.78 is 10.5. The second-order valence-corrected chi connectivity index (χ2v) is 4.67. The van der Waals surface area contributed by atoms with Crippen LogP contribution in [0.1, 0.15) is 15.9 Å². The number of carbonyl (C=O) groups is 1. The summed E-state index contributed by atoms with van der Waals surface area (Å²) in [4.78, 5) is 12.3. The second-order valence-electron chi connectivity index (χ2n) is 4.67. The highest BCUT2D eigenvalue weighted by molar-refractivity contribution is 6.20. The molecule has 0 amide bonds. The summed E-state index contributed by atoms with van der Waals surface area (Å²) in [5, 5.41) is 3.14. The molecule has 1 heterocycles. The highest BCUT2D eigenvalue weighted by Crippen LogP contribution is 2.31. The molecule has 106 valence electrons. The Morgan fingerprint density at radius 1 is 1.00 bits per heavy atom. The summed E-state index contributed by atoms with van der Waals surface area (Å²) in [5.41, 5.74) is 2.97. The van der Waals surface area contributed by atoms with E-state index >= 15 is 0 Å². The third kappa shape index (κ3) is 2.36. The molecule has 0 fully saturated rings. The minimum atomic E-state index is 0.000356. The average Bonchev–Trinajstić information content (AvgIpc) is 2.84. The van der Waals surface area contributed by atoms with Gasteiger partial charge in [-0.15, -0.1) is 0 Å². The SMILES string of the molecule is COc1ccc(C=C2Nc3ccccc3C2=O)cc1OC. The minimum Gasteiger partial charge on any atom is -0.493 e. The van der Waals surface area contributed by atoms with E-state index in [4.69, 9.17) is 9.47 Å². The number of benzene rings is 2. The normalized spacial score (nSPS) is 14.8. The first-order chi connectivity index (χ1) is 10.2. The van der Waals surface area contributed by atoms with Crippen molar-refractivity contribution in [3.8, 4) is 11.5 Å². The van der Waals surface area contributed by atoms with Crippen LogP contribution in [0.2, 0.25) is 0 Å². The van der Waals surface area contributed by atoms with E-state index in [9.17, 15) is 4.79 Å². The number of para-hydroxylation sites is 1. The van der Waals surface area contributed by atoms with Crippen LogP contribution in [0.3, 0.4) is 0 Å². The number of hydrogen-bond acceptors (Lipinski definition) is 4. The molecule has 0 bridgehead atoms. The lowest BCUT2D eigenvalue weighted by Gasteiger charge is -2.08. The predicted octanol–water partition coefficient (Wildman–Crippen LogP) is 3.35. The Labute approximate surface area is 123 Å². The van der Waals surface area contributed by atoms with Gasteiger partial charge in [0.1, 0.15) is 0 Å². The minimum absolute atomic E-state index is 0.000356. The number of Topliss-reactive ketones (excluding diaryl/α,β-unsaturated/α-hetero) is 1. The Bertz CT molecular complexity index is 735. The number of allylic oxidation sites excluding steroid dienone is 1. The number of carbonyl (C=O) groups excluding carboxylic acids is 1. The molecule has 0 atom stereocenters. The number of anilines is 1. The van der Waals surface area contributed by atoms with Crippen LogP contribution in [0.15, 0.2) is 48.2 Å². The Hall–Kier alpha value is -2.75. The van der Waals surface area contributed by atoms with Crippen LogP contribution in [0.4, 0.5) is 5.69 Å². The van der Waals surface area contributed by atoms with Gasteiger partial charge in [-0.3, -0.25) is 4.79 Å². The number of hydrogen-bond donors (Lipinski definition) is 1. The number of ketones is 1. The summed E-state index contributed by atoms with van der Waals surface area (Å²) in [7, 11) is 3.18. The number of methoxy groups -OCH3 is 2. The lowest BCUT2D eigenvalue weighted by molar-refractivity contribution is 0.104. The van der Waals surface area contributed by atoms with E-state index < -0.39 is 0 Å². The summed E-state index contributed by atoms with van der Waals surface area (Å²) in [5.74, 6) is 1.30. The molecule has 0 saturated carbocycles. The summed E-state index contributed by atoms with van der Waals surface area (Å²) in [6.07, 6.45) is 1.81. The van der Waals surface area contributed by atoms with E-state index in [0.29, 0.717) is 22.8 Å². The van der Waals surface area contributed by atoms with Crippen molar-refractivity contribution in [1.29, 1.82) is 0 Å². The van der Waals surface area contributed by atoms with Gasteiger partial charge in [-0.1, -0.05) is 18.2 Å². The Kier molecular flexibility index (Phi) is 3.36. The first-order valence-electron chi connectivity index (χ1n) is 6.57. The fourth-order valence-corrected chi connectivity index (χ4v) is 2.35. The molecular formula is C17H15NO3. The topological polar surface area (TPSA) is 47.6 Å². The molecule has 0 saturated heterocycles. The van der Waals surface area contributed by atoms with Crippen LogP contribution < -0.4 is 14.8 Å². The number of fused-ring (bicyclic) bond motifs is 1. The number of rotatable bonds is 3. The second kappa shape index (κ2) is 5.32. The van der Waals surface area contributed by atoms with Gasteiger partial charge in [0.05, 0.1) is 19.9 Å². The molecule has 0 radical (unpaired) electrons. The Balaban J connectivity index is 1.95. The fourth-order valence-electron chi connectivity index (χ4n) is 2.35. The lowest BCUT2D eigenvalue weighted by atomic mass is 10.1. The Morgan fingerprint density at radius 2 is 1.76 bits per heavy atom. The van der Waals surface area contributed by atoms with Crippen LogP contribution in [-0.4, -0.2) is 20.0 Å².